The van der Waals surface area contributed by atoms with Crippen LogP contribution in [0, 0.1) is 0 Å². The van der Waals surface area contributed by atoms with Gasteiger partial charge in [-0.3, -0.25) is 9.69 Å². The van der Waals surface area contributed by atoms with Crippen molar-refractivity contribution < 1.29 is 19.4 Å². The Morgan fingerprint density at radius 2 is 1.68 bits per heavy atom. The van der Waals surface area contributed by atoms with E-state index in [9.17, 15) is 15.0 Å². The number of unbranched alkanes of at least 4 members (excludes halogenated alkanes) is 3. The molecule has 4 aromatic rings. The topological polar surface area (TPSA) is 83.1 Å². The van der Waals surface area contributed by atoms with E-state index >= 15 is 0 Å². The standard InChI is InChI=1S/C28H31NO5/c1-2-29(19-20-11-13-21(30)14-12-20)15-7-3-4-8-16-33-22-17-24(31)27-26(18-22)34-25-10-6-5-9-23(25)28(27)32/h5-6,9-14,17-18,30-31H,2-4,7-8,15-16,19H2,1H3. The predicted molar refractivity (Wildman–Crippen MR) is 135 cm³/mol. The lowest BCUT2D eigenvalue weighted by molar-refractivity contribution is 0.267. The maximum absolute atomic E-state index is 12.7. The molecule has 6 nitrogen and oxygen atoms in total. The minimum absolute atomic E-state index is 0.125. The van der Waals surface area contributed by atoms with E-state index in [2.05, 4.69) is 11.8 Å². The molecule has 0 radical (unpaired) electrons. The Kier molecular flexibility index (Phi) is 7.70. The van der Waals surface area contributed by atoms with Gasteiger partial charge in [-0.15, -0.1) is 0 Å². The van der Waals surface area contributed by atoms with Crippen molar-refractivity contribution in [2.75, 3.05) is 19.7 Å². The Morgan fingerprint density at radius 3 is 2.47 bits per heavy atom. The number of rotatable bonds is 11. The van der Waals surface area contributed by atoms with Crippen molar-refractivity contribution in [3.05, 3.63) is 76.5 Å². The van der Waals surface area contributed by atoms with Crippen LogP contribution in [-0.2, 0) is 6.54 Å². The normalized spacial score (nSPS) is 11.5. The fourth-order valence-corrected chi connectivity index (χ4v) is 4.15. The molecule has 0 amide bonds. The first-order valence-electron chi connectivity index (χ1n) is 11.9. The number of para-hydroxylation sites is 1. The third kappa shape index (κ3) is 5.69. The second-order valence-electron chi connectivity index (χ2n) is 8.54. The molecule has 0 saturated heterocycles. The summed E-state index contributed by atoms with van der Waals surface area (Å²) >= 11 is 0. The van der Waals surface area contributed by atoms with Crippen LogP contribution in [-0.4, -0.2) is 34.8 Å². The van der Waals surface area contributed by atoms with Gasteiger partial charge in [-0.25, -0.2) is 0 Å². The first-order valence-corrected chi connectivity index (χ1v) is 11.9. The van der Waals surface area contributed by atoms with Gasteiger partial charge in [0.2, 0.25) is 5.43 Å². The highest BCUT2D eigenvalue weighted by Crippen LogP contribution is 2.30. The lowest BCUT2D eigenvalue weighted by atomic mass is 10.1. The Labute approximate surface area is 199 Å². The fraction of sp³-hybridized carbons (Fsp3) is 0.321. The molecule has 3 aromatic carbocycles. The molecule has 0 unspecified atom stereocenters. The van der Waals surface area contributed by atoms with E-state index in [0.717, 1.165) is 45.3 Å². The van der Waals surface area contributed by atoms with Gasteiger partial charge in [-0.2, -0.15) is 0 Å². The molecule has 1 heterocycles. The highest BCUT2D eigenvalue weighted by Gasteiger charge is 2.13. The van der Waals surface area contributed by atoms with E-state index in [1.165, 1.54) is 11.6 Å². The van der Waals surface area contributed by atoms with Gasteiger partial charge < -0.3 is 19.4 Å². The van der Waals surface area contributed by atoms with Gasteiger partial charge in [0, 0.05) is 18.7 Å². The summed E-state index contributed by atoms with van der Waals surface area (Å²) in [5, 5.41) is 20.5. The van der Waals surface area contributed by atoms with Crippen molar-refractivity contribution in [1.82, 2.24) is 4.90 Å². The molecule has 1 aromatic heterocycles. The summed E-state index contributed by atoms with van der Waals surface area (Å²) < 4.78 is 11.7. The monoisotopic (exact) mass is 461 g/mol. The summed E-state index contributed by atoms with van der Waals surface area (Å²) in [4.78, 5) is 15.1. The van der Waals surface area contributed by atoms with Crippen molar-refractivity contribution in [2.45, 2.75) is 39.2 Å². The Hall–Kier alpha value is -3.51. The quantitative estimate of drug-likeness (QED) is 0.216. The van der Waals surface area contributed by atoms with Crippen LogP contribution >= 0.6 is 0 Å². The fourth-order valence-electron chi connectivity index (χ4n) is 4.15. The zero-order valence-corrected chi connectivity index (χ0v) is 19.5. The number of phenolic OH excluding ortho intramolecular Hbond substituents is 2. The Bertz CT molecular complexity index is 1300. The van der Waals surface area contributed by atoms with E-state index in [1.807, 2.05) is 18.2 Å². The van der Waals surface area contributed by atoms with Crippen molar-refractivity contribution in [3.63, 3.8) is 0 Å². The van der Waals surface area contributed by atoms with E-state index in [1.54, 1.807) is 36.4 Å². The largest absolute Gasteiger partial charge is 0.508 e. The maximum atomic E-state index is 12.7. The van der Waals surface area contributed by atoms with Crippen molar-refractivity contribution >= 4 is 21.9 Å². The zero-order valence-electron chi connectivity index (χ0n) is 19.5. The van der Waals surface area contributed by atoms with Crippen LogP contribution in [0.25, 0.3) is 21.9 Å². The lowest BCUT2D eigenvalue weighted by Gasteiger charge is -2.20. The third-order valence-electron chi connectivity index (χ3n) is 6.06. The summed E-state index contributed by atoms with van der Waals surface area (Å²) in [6.07, 6.45) is 4.18. The first kappa shape index (κ1) is 23.6. The van der Waals surface area contributed by atoms with Crippen LogP contribution in [0.5, 0.6) is 17.2 Å². The van der Waals surface area contributed by atoms with Gasteiger partial charge in [-0.05, 0) is 55.8 Å². The maximum Gasteiger partial charge on any atom is 0.204 e. The molecule has 178 valence electrons. The number of hydrogen-bond acceptors (Lipinski definition) is 6. The highest BCUT2D eigenvalue weighted by molar-refractivity contribution is 5.93. The minimum atomic E-state index is -0.243. The van der Waals surface area contributed by atoms with Gasteiger partial charge in [-0.1, -0.05) is 44.0 Å². The molecule has 0 bridgehead atoms. The van der Waals surface area contributed by atoms with Crippen LogP contribution in [0.4, 0.5) is 0 Å². The van der Waals surface area contributed by atoms with Gasteiger partial charge in [0.25, 0.3) is 0 Å². The summed E-state index contributed by atoms with van der Waals surface area (Å²) in [6, 6.07) is 17.6. The number of ether oxygens (including phenoxy) is 1. The second kappa shape index (κ2) is 11.1. The van der Waals surface area contributed by atoms with Crippen LogP contribution in [0.2, 0.25) is 0 Å². The molecule has 4 rings (SSSR count). The summed E-state index contributed by atoms with van der Waals surface area (Å²) in [7, 11) is 0. The number of phenols is 2. The minimum Gasteiger partial charge on any atom is -0.508 e. The van der Waals surface area contributed by atoms with Gasteiger partial charge in [0.1, 0.15) is 33.8 Å². The molecule has 0 aliphatic heterocycles. The second-order valence-corrected chi connectivity index (χ2v) is 8.54. The molecular formula is C28H31NO5. The Morgan fingerprint density at radius 1 is 0.912 bits per heavy atom. The summed E-state index contributed by atoms with van der Waals surface area (Å²) in [5.41, 5.74) is 1.78. The summed E-state index contributed by atoms with van der Waals surface area (Å²) in [6.45, 7) is 5.60. The zero-order chi connectivity index (χ0) is 23.9. The molecule has 0 atom stereocenters. The third-order valence-corrected chi connectivity index (χ3v) is 6.06. The molecule has 0 saturated carbocycles. The predicted octanol–water partition coefficient (Wildman–Crippen LogP) is 5.82. The van der Waals surface area contributed by atoms with E-state index in [0.29, 0.717) is 34.7 Å². The van der Waals surface area contributed by atoms with Crippen LogP contribution in [0.1, 0.15) is 38.2 Å². The molecule has 6 heteroatoms. The van der Waals surface area contributed by atoms with E-state index in [4.69, 9.17) is 9.15 Å². The number of benzene rings is 3. The number of aromatic hydroxyl groups is 2. The van der Waals surface area contributed by atoms with Gasteiger partial charge >= 0.3 is 0 Å². The Balaban J connectivity index is 1.23. The highest BCUT2D eigenvalue weighted by atomic mass is 16.5. The number of hydrogen-bond donors (Lipinski definition) is 2. The lowest BCUT2D eigenvalue weighted by Crippen LogP contribution is -2.24. The van der Waals surface area contributed by atoms with Crippen LogP contribution in [0.3, 0.4) is 0 Å². The first-order chi connectivity index (χ1) is 16.5. The molecule has 0 fully saturated rings. The average molecular weight is 462 g/mol. The van der Waals surface area contributed by atoms with Crippen molar-refractivity contribution in [2.24, 2.45) is 0 Å². The van der Waals surface area contributed by atoms with E-state index < -0.39 is 0 Å². The van der Waals surface area contributed by atoms with Crippen molar-refractivity contribution in [1.29, 1.82) is 0 Å². The van der Waals surface area contributed by atoms with E-state index in [-0.39, 0.29) is 16.6 Å². The molecule has 0 spiro atoms. The van der Waals surface area contributed by atoms with Gasteiger partial charge in [0.15, 0.2) is 0 Å². The average Bonchev–Trinajstić information content (AvgIpc) is 2.83. The molecular weight excluding hydrogens is 430 g/mol. The van der Waals surface area contributed by atoms with Crippen molar-refractivity contribution in [3.8, 4) is 17.2 Å². The molecule has 0 aliphatic carbocycles. The van der Waals surface area contributed by atoms with Crippen LogP contribution < -0.4 is 10.2 Å². The SMILES string of the molecule is CCN(CCCCCCOc1cc(O)c2c(=O)c3ccccc3oc2c1)Cc1ccc(O)cc1. The summed E-state index contributed by atoms with van der Waals surface area (Å²) in [5.74, 6) is 0.667. The number of fused-ring (bicyclic) bond motifs is 2. The smallest absolute Gasteiger partial charge is 0.204 e. The molecule has 2 N–H and O–H groups in total. The molecule has 34 heavy (non-hydrogen) atoms. The number of nitrogens with zero attached hydrogens (tertiary/aromatic N) is 1. The van der Waals surface area contributed by atoms with Crippen LogP contribution in [0.15, 0.2) is 69.9 Å². The molecule has 0 aliphatic rings. The van der Waals surface area contributed by atoms with Gasteiger partial charge in [0.05, 0.1) is 12.0 Å².